The summed E-state index contributed by atoms with van der Waals surface area (Å²) in [6.45, 7) is 16.8. The molecule has 0 spiro atoms. The molecule has 0 aromatic heterocycles. The van der Waals surface area contributed by atoms with Crippen molar-refractivity contribution in [2.45, 2.75) is 137 Å². The van der Waals surface area contributed by atoms with Gasteiger partial charge in [0, 0.05) is 0 Å². The topological polar surface area (TPSA) is 116 Å². The van der Waals surface area contributed by atoms with E-state index in [-0.39, 0.29) is 40.3 Å². The van der Waals surface area contributed by atoms with Gasteiger partial charge in [-0.3, -0.25) is 4.79 Å². The van der Waals surface area contributed by atoms with Gasteiger partial charge in [-0.05, 0) is 109 Å². The molecule has 0 amide bonds. The molecule has 4 saturated carbocycles. The smallest absolute Gasteiger partial charge is 0.310 e. The summed E-state index contributed by atoms with van der Waals surface area (Å²) in [6, 6.07) is 0. The number of aliphatic carboxylic acids is 1. The third-order valence-corrected chi connectivity index (χ3v) is 15.1. The molecule has 0 aromatic carbocycles. The number of hydrogen-bond acceptors (Lipinski definition) is 6. The van der Waals surface area contributed by atoms with Crippen LogP contribution in [0.1, 0.15) is 106 Å². The molecule has 0 bridgehead atoms. The third-order valence-electron chi connectivity index (χ3n) is 15.1. The summed E-state index contributed by atoms with van der Waals surface area (Å²) >= 11 is 0. The average Bonchev–Trinajstić information content (AvgIpc) is 2.92. The standard InChI is InChI=1S/C35H56O7/c1-19-10-15-35(30(39)40)17-16-33(6)21(26(35)20(19)2)8-9-24-32(5)13-12-25(31(3,4)23(32)11-14-34(24,33)7)42-29-28(38)27(37)22(36)18-41-29/h8,19-20,22-29,36-38H,9-18H2,1-7H3,(H,39,40). The molecular weight excluding hydrogens is 532 g/mol. The van der Waals surface area contributed by atoms with Crippen molar-refractivity contribution in [3.63, 3.8) is 0 Å². The van der Waals surface area contributed by atoms with Crippen molar-refractivity contribution in [3.8, 4) is 0 Å². The van der Waals surface area contributed by atoms with Gasteiger partial charge in [-0.25, -0.2) is 0 Å². The molecule has 1 saturated heterocycles. The molecule has 1 aliphatic heterocycles. The van der Waals surface area contributed by atoms with Crippen LogP contribution in [0.4, 0.5) is 0 Å². The highest BCUT2D eigenvalue weighted by molar-refractivity contribution is 5.76. The molecule has 42 heavy (non-hydrogen) atoms. The third kappa shape index (κ3) is 3.98. The van der Waals surface area contributed by atoms with E-state index in [0.717, 1.165) is 57.8 Å². The summed E-state index contributed by atoms with van der Waals surface area (Å²) in [5.41, 5.74) is 0.885. The van der Waals surface area contributed by atoms with E-state index >= 15 is 0 Å². The number of carbonyl (C=O) groups is 1. The van der Waals surface area contributed by atoms with E-state index in [1.807, 2.05) is 0 Å². The first kappa shape index (κ1) is 31.0. The van der Waals surface area contributed by atoms with Crippen molar-refractivity contribution in [1.82, 2.24) is 0 Å². The van der Waals surface area contributed by atoms with Crippen LogP contribution in [-0.4, -0.2) is 63.7 Å². The van der Waals surface area contributed by atoms with Gasteiger partial charge in [0.15, 0.2) is 6.29 Å². The molecule has 6 aliphatic rings. The molecule has 14 atom stereocenters. The fourth-order valence-electron chi connectivity index (χ4n) is 12.1. The summed E-state index contributed by atoms with van der Waals surface area (Å²) in [4.78, 5) is 13.0. The molecule has 0 aromatic rings. The second-order valence-electron chi connectivity index (χ2n) is 16.8. The lowest BCUT2D eigenvalue weighted by Crippen LogP contribution is -2.66. The average molecular weight is 589 g/mol. The van der Waals surface area contributed by atoms with Crippen LogP contribution < -0.4 is 0 Å². The van der Waals surface area contributed by atoms with E-state index in [0.29, 0.717) is 23.7 Å². The number of hydrogen-bond donors (Lipinski definition) is 4. The Hall–Kier alpha value is -0.990. The summed E-state index contributed by atoms with van der Waals surface area (Å²) in [6.07, 6.45) is 6.46. The van der Waals surface area contributed by atoms with Crippen LogP contribution in [0.15, 0.2) is 11.6 Å². The number of allylic oxidation sites excluding steroid dienone is 2. The lowest BCUT2D eigenvalue weighted by Gasteiger charge is -2.71. The Bertz CT molecular complexity index is 1120. The van der Waals surface area contributed by atoms with E-state index in [1.165, 1.54) is 5.57 Å². The van der Waals surface area contributed by atoms with Gasteiger partial charge in [-0.1, -0.05) is 60.1 Å². The van der Waals surface area contributed by atoms with E-state index in [4.69, 9.17) is 9.47 Å². The SMILES string of the molecule is CC1CCC2(C(=O)O)CCC3(C)C(=CCC4C5(C)CCC(OC6OCC(O)C(O)C6O)C(C)(C)C5CCC43C)C2C1C. The first-order valence-corrected chi connectivity index (χ1v) is 16.8. The van der Waals surface area contributed by atoms with Gasteiger partial charge >= 0.3 is 5.97 Å². The number of carboxylic acids is 1. The maximum Gasteiger partial charge on any atom is 0.310 e. The number of aliphatic hydroxyl groups excluding tert-OH is 3. The molecule has 6 rings (SSSR count). The minimum Gasteiger partial charge on any atom is -0.481 e. The number of rotatable bonds is 3. The fourth-order valence-corrected chi connectivity index (χ4v) is 12.1. The lowest BCUT2D eigenvalue weighted by molar-refractivity contribution is -0.308. The molecule has 0 radical (unpaired) electrons. The van der Waals surface area contributed by atoms with Gasteiger partial charge < -0.3 is 29.9 Å². The Morgan fingerprint density at radius 1 is 0.905 bits per heavy atom. The van der Waals surface area contributed by atoms with Crippen molar-refractivity contribution >= 4 is 5.97 Å². The maximum atomic E-state index is 13.0. The van der Waals surface area contributed by atoms with Crippen LogP contribution in [0.5, 0.6) is 0 Å². The fraction of sp³-hybridized carbons (Fsp3) is 0.914. The van der Waals surface area contributed by atoms with E-state index in [2.05, 4.69) is 54.5 Å². The highest BCUT2D eigenvalue weighted by Crippen LogP contribution is 2.76. The predicted molar refractivity (Wildman–Crippen MR) is 159 cm³/mol. The molecule has 1 heterocycles. The molecule has 7 nitrogen and oxygen atoms in total. The van der Waals surface area contributed by atoms with Crippen molar-refractivity contribution in [2.24, 2.45) is 56.7 Å². The summed E-state index contributed by atoms with van der Waals surface area (Å²) in [5, 5.41) is 41.4. The molecular formula is C35H56O7. The number of ether oxygens (including phenoxy) is 2. The molecule has 14 unspecified atom stereocenters. The zero-order valence-corrected chi connectivity index (χ0v) is 26.9. The number of fused-ring (bicyclic) bond motifs is 7. The molecule has 5 fully saturated rings. The number of carboxylic acid groups (broad SMARTS) is 1. The van der Waals surface area contributed by atoms with Gasteiger partial charge in [-0.15, -0.1) is 0 Å². The van der Waals surface area contributed by atoms with Crippen LogP contribution in [0, 0.1) is 56.7 Å². The zero-order chi connectivity index (χ0) is 30.6. The van der Waals surface area contributed by atoms with Crippen molar-refractivity contribution < 1.29 is 34.7 Å². The minimum atomic E-state index is -1.27. The minimum absolute atomic E-state index is 0.00660. The summed E-state index contributed by atoms with van der Waals surface area (Å²) in [5.74, 6) is 1.38. The molecule has 4 N–H and O–H groups in total. The Morgan fingerprint density at radius 2 is 1.62 bits per heavy atom. The van der Waals surface area contributed by atoms with Crippen LogP contribution in [0.25, 0.3) is 0 Å². The van der Waals surface area contributed by atoms with Crippen molar-refractivity contribution in [3.05, 3.63) is 11.6 Å². The van der Waals surface area contributed by atoms with Crippen LogP contribution in [0.2, 0.25) is 0 Å². The van der Waals surface area contributed by atoms with E-state index in [1.54, 1.807) is 0 Å². The lowest BCUT2D eigenvalue weighted by atomic mass is 9.33. The first-order chi connectivity index (χ1) is 19.5. The maximum absolute atomic E-state index is 13.0. The normalized spacial score (nSPS) is 55.3. The largest absolute Gasteiger partial charge is 0.481 e. The van der Waals surface area contributed by atoms with Crippen LogP contribution in [-0.2, 0) is 14.3 Å². The summed E-state index contributed by atoms with van der Waals surface area (Å²) in [7, 11) is 0. The predicted octanol–water partition coefficient (Wildman–Crippen LogP) is 5.55. The monoisotopic (exact) mass is 588 g/mol. The van der Waals surface area contributed by atoms with Crippen molar-refractivity contribution in [1.29, 1.82) is 0 Å². The van der Waals surface area contributed by atoms with Gasteiger partial charge in [0.05, 0.1) is 18.1 Å². The van der Waals surface area contributed by atoms with Gasteiger partial charge in [0.25, 0.3) is 0 Å². The highest BCUT2D eigenvalue weighted by atomic mass is 16.7. The Balaban J connectivity index is 1.31. The highest BCUT2D eigenvalue weighted by Gasteiger charge is 2.69. The molecule has 7 heteroatoms. The van der Waals surface area contributed by atoms with Gasteiger partial charge in [0.1, 0.15) is 18.3 Å². The Kier molecular flexibility index (Phi) is 7.39. The molecule has 5 aliphatic carbocycles. The van der Waals surface area contributed by atoms with Gasteiger partial charge in [0.2, 0.25) is 0 Å². The second-order valence-corrected chi connectivity index (χ2v) is 16.8. The van der Waals surface area contributed by atoms with Crippen molar-refractivity contribution in [2.75, 3.05) is 6.61 Å². The van der Waals surface area contributed by atoms with Crippen LogP contribution >= 0.6 is 0 Å². The van der Waals surface area contributed by atoms with Crippen LogP contribution in [0.3, 0.4) is 0 Å². The Morgan fingerprint density at radius 3 is 2.31 bits per heavy atom. The van der Waals surface area contributed by atoms with Gasteiger partial charge in [-0.2, -0.15) is 0 Å². The summed E-state index contributed by atoms with van der Waals surface area (Å²) < 4.78 is 12.1. The quantitative estimate of drug-likeness (QED) is 0.252. The van der Waals surface area contributed by atoms with E-state index in [9.17, 15) is 25.2 Å². The Labute approximate surface area is 252 Å². The number of aliphatic hydroxyl groups is 3. The zero-order valence-electron chi connectivity index (χ0n) is 26.9. The second kappa shape index (κ2) is 10.0. The first-order valence-electron chi connectivity index (χ1n) is 16.8. The van der Waals surface area contributed by atoms with E-state index < -0.39 is 36.0 Å². The molecule has 238 valence electrons.